The van der Waals surface area contributed by atoms with E-state index in [-0.39, 0.29) is 11.8 Å². The number of carbonyl (C=O) groups is 1. The summed E-state index contributed by atoms with van der Waals surface area (Å²) in [6, 6.07) is 5.51. The van der Waals surface area contributed by atoms with Crippen molar-refractivity contribution >= 4 is 6.03 Å². The van der Waals surface area contributed by atoms with Crippen molar-refractivity contribution in [2.75, 3.05) is 13.7 Å². The molecule has 5 nitrogen and oxygen atoms in total. The van der Waals surface area contributed by atoms with Gasteiger partial charge in [-0.3, -0.25) is 0 Å². The highest BCUT2D eigenvalue weighted by Gasteiger charge is 2.27. The van der Waals surface area contributed by atoms with Crippen LogP contribution >= 0.6 is 0 Å². The van der Waals surface area contributed by atoms with E-state index in [2.05, 4.69) is 17.6 Å². The van der Waals surface area contributed by atoms with Crippen molar-refractivity contribution in [2.24, 2.45) is 5.92 Å². The number of rotatable bonds is 8. The minimum atomic E-state index is -0.0749. The number of nitrogens with one attached hydrogen (secondary N) is 2. The summed E-state index contributed by atoms with van der Waals surface area (Å²) in [5, 5.41) is 15.7. The molecule has 0 aliphatic heterocycles. The number of amides is 2. The second-order valence-corrected chi connectivity index (χ2v) is 6.60. The third kappa shape index (κ3) is 5.32. The predicted molar refractivity (Wildman–Crippen MR) is 95.6 cm³/mol. The van der Waals surface area contributed by atoms with Crippen LogP contribution < -0.4 is 15.4 Å². The molecule has 134 valence electrons. The van der Waals surface area contributed by atoms with Gasteiger partial charge in [-0.05, 0) is 49.3 Å². The maximum Gasteiger partial charge on any atom is 0.315 e. The van der Waals surface area contributed by atoms with Gasteiger partial charge >= 0.3 is 6.03 Å². The first-order valence-electron chi connectivity index (χ1n) is 9.04. The molecule has 1 aliphatic rings. The number of hydrogen-bond donors (Lipinski definition) is 3. The Kier molecular flexibility index (Phi) is 7.22. The van der Waals surface area contributed by atoms with E-state index >= 15 is 0 Å². The lowest BCUT2D eigenvalue weighted by molar-refractivity contribution is 0.232. The summed E-state index contributed by atoms with van der Waals surface area (Å²) < 4.78 is 5.10. The van der Waals surface area contributed by atoms with E-state index in [9.17, 15) is 9.90 Å². The number of unbranched alkanes of at least 4 members (excludes halogenated alkanes) is 1. The van der Waals surface area contributed by atoms with E-state index in [1.54, 1.807) is 12.1 Å². The van der Waals surface area contributed by atoms with Gasteiger partial charge in [-0.15, -0.1) is 0 Å². The molecule has 0 aromatic heterocycles. The Morgan fingerprint density at radius 1 is 1.38 bits per heavy atom. The van der Waals surface area contributed by atoms with E-state index in [0.29, 0.717) is 30.7 Å². The van der Waals surface area contributed by atoms with Gasteiger partial charge in [0.05, 0.1) is 7.11 Å². The molecule has 0 heterocycles. The quantitative estimate of drug-likeness (QED) is 0.680. The van der Waals surface area contributed by atoms with Gasteiger partial charge in [-0.2, -0.15) is 0 Å². The van der Waals surface area contributed by atoms with E-state index in [4.69, 9.17) is 4.74 Å². The average molecular weight is 334 g/mol. The zero-order valence-electron chi connectivity index (χ0n) is 14.8. The van der Waals surface area contributed by atoms with Crippen LogP contribution in [0.5, 0.6) is 11.5 Å². The van der Waals surface area contributed by atoms with Crippen LogP contribution in [0.1, 0.15) is 51.0 Å². The van der Waals surface area contributed by atoms with Crippen LogP contribution in [0.15, 0.2) is 18.2 Å². The van der Waals surface area contributed by atoms with Crippen molar-refractivity contribution in [3.8, 4) is 11.5 Å². The van der Waals surface area contributed by atoms with E-state index in [0.717, 1.165) is 12.0 Å². The Balaban J connectivity index is 1.73. The first kappa shape index (κ1) is 18.4. The number of aromatic hydroxyl groups is 1. The lowest BCUT2D eigenvalue weighted by atomic mass is 9.97. The van der Waals surface area contributed by atoms with Crippen LogP contribution in [0.4, 0.5) is 4.79 Å². The maximum absolute atomic E-state index is 12.1. The Hall–Kier alpha value is -1.91. The number of phenolic OH excluding ortho intramolecular Hbond substituents is 1. The fraction of sp³-hybridized carbons (Fsp3) is 0.632. The van der Waals surface area contributed by atoms with Gasteiger partial charge in [-0.25, -0.2) is 4.79 Å². The van der Waals surface area contributed by atoms with Crippen LogP contribution in [-0.4, -0.2) is 30.8 Å². The van der Waals surface area contributed by atoms with Crippen LogP contribution in [0.2, 0.25) is 0 Å². The van der Waals surface area contributed by atoms with Gasteiger partial charge in [0.2, 0.25) is 0 Å². The smallest absolute Gasteiger partial charge is 0.315 e. The average Bonchev–Trinajstić information content (AvgIpc) is 3.01. The molecule has 0 bridgehead atoms. The lowest BCUT2D eigenvalue weighted by Gasteiger charge is -2.21. The van der Waals surface area contributed by atoms with Crippen molar-refractivity contribution in [2.45, 2.75) is 57.9 Å². The molecule has 2 unspecified atom stereocenters. The van der Waals surface area contributed by atoms with Crippen LogP contribution in [-0.2, 0) is 6.42 Å². The molecule has 24 heavy (non-hydrogen) atoms. The van der Waals surface area contributed by atoms with Crippen molar-refractivity contribution in [1.82, 2.24) is 10.6 Å². The number of hydrogen-bond acceptors (Lipinski definition) is 3. The molecular weight excluding hydrogens is 304 g/mol. The topological polar surface area (TPSA) is 70.6 Å². The van der Waals surface area contributed by atoms with Crippen LogP contribution in [0.3, 0.4) is 0 Å². The van der Waals surface area contributed by atoms with Gasteiger partial charge in [0.15, 0.2) is 11.5 Å². The zero-order valence-corrected chi connectivity index (χ0v) is 14.8. The molecule has 1 aliphatic carbocycles. The maximum atomic E-state index is 12.1. The highest BCUT2D eigenvalue weighted by molar-refractivity contribution is 5.74. The predicted octanol–water partition coefficient (Wildman–Crippen LogP) is 3.60. The summed E-state index contributed by atoms with van der Waals surface area (Å²) in [6.45, 7) is 2.77. The summed E-state index contributed by atoms with van der Waals surface area (Å²) in [4.78, 5) is 12.1. The first-order valence-corrected chi connectivity index (χ1v) is 9.04. The third-order valence-electron chi connectivity index (χ3n) is 4.85. The summed E-state index contributed by atoms with van der Waals surface area (Å²) in [6.07, 6.45) is 7.92. The molecule has 1 aromatic rings. The molecule has 2 atom stereocenters. The fourth-order valence-corrected chi connectivity index (χ4v) is 3.46. The monoisotopic (exact) mass is 334 g/mol. The molecule has 5 heteroatoms. The van der Waals surface area contributed by atoms with E-state index in [1.807, 2.05) is 6.07 Å². The number of methoxy groups -OCH3 is 1. The highest BCUT2D eigenvalue weighted by Crippen LogP contribution is 2.30. The largest absolute Gasteiger partial charge is 0.504 e. The number of phenols is 1. The first-order chi connectivity index (χ1) is 11.6. The van der Waals surface area contributed by atoms with E-state index < -0.39 is 0 Å². The zero-order chi connectivity index (χ0) is 17.4. The molecule has 2 amide bonds. The molecule has 2 rings (SSSR count). The van der Waals surface area contributed by atoms with Crippen molar-refractivity contribution in [3.63, 3.8) is 0 Å². The van der Waals surface area contributed by atoms with Crippen LogP contribution in [0.25, 0.3) is 0 Å². The molecule has 0 saturated heterocycles. The van der Waals surface area contributed by atoms with Crippen LogP contribution in [0, 0.1) is 5.92 Å². The van der Waals surface area contributed by atoms with E-state index in [1.165, 1.54) is 39.2 Å². The molecule has 3 N–H and O–H groups in total. The van der Waals surface area contributed by atoms with Gasteiger partial charge < -0.3 is 20.5 Å². The Labute approximate surface area is 144 Å². The molecule has 1 saturated carbocycles. The Morgan fingerprint density at radius 2 is 2.21 bits per heavy atom. The lowest BCUT2D eigenvalue weighted by Crippen LogP contribution is -2.44. The Morgan fingerprint density at radius 3 is 2.96 bits per heavy atom. The number of benzene rings is 1. The standard InChI is InChI=1S/C19H30N2O3/c1-3-4-6-15-7-5-8-16(15)21-19(23)20-12-11-14-9-10-17(22)18(13-14)24-2/h9-10,13,15-16,22H,3-8,11-12H2,1-2H3,(H2,20,21,23). The normalized spacial score (nSPS) is 19.9. The van der Waals surface area contributed by atoms with Crippen molar-refractivity contribution < 1.29 is 14.6 Å². The number of ether oxygens (including phenoxy) is 1. The minimum Gasteiger partial charge on any atom is -0.504 e. The van der Waals surface area contributed by atoms with Gasteiger partial charge in [-0.1, -0.05) is 32.3 Å². The number of carbonyl (C=O) groups excluding carboxylic acids is 1. The highest BCUT2D eigenvalue weighted by atomic mass is 16.5. The molecule has 0 spiro atoms. The molecule has 1 aromatic carbocycles. The summed E-state index contributed by atoms with van der Waals surface area (Å²) >= 11 is 0. The molecule has 1 fully saturated rings. The SMILES string of the molecule is CCCCC1CCCC1NC(=O)NCCc1ccc(O)c(OC)c1. The second-order valence-electron chi connectivity index (χ2n) is 6.60. The Bertz CT molecular complexity index is 533. The van der Waals surface area contributed by atoms with Crippen molar-refractivity contribution in [1.29, 1.82) is 0 Å². The van der Waals surface area contributed by atoms with Gasteiger partial charge in [0, 0.05) is 12.6 Å². The third-order valence-corrected chi connectivity index (χ3v) is 4.85. The summed E-state index contributed by atoms with van der Waals surface area (Å²) in [5.74, 6) is 1.23. The second kappa shape index (κ2) is 9.40. The minimum absolute atomic E-state index is 0.0749. The summed E-state index contributed by atoms with van der Waals surface area (Å²) in [7, 11) is 1.53. The van der Waals surface area contributed by atoms with Gasteiger partial charge in [0.25, 0.3) is 0 Å². The molecular formula is C19H30N2O3. The summed E-state index contributed by atoms with van der Waals surface area (Å²) in [5.41, 5.74) is 1.02. The fourth-order valence-electron chi connectivity index (χ4n) is 3.46. The van der Waals surface area contributed by atoms with Gasteiger partial charge in [0.1, 0.15) is 0 Å². The number of urea groups is 1. The van der Waals surface area contributed by atoms with Crippen molar-refractivity contribution in [3.05, 3.63) is 23.8 Å². The molecule has 0 radical (unpaired) electrons.